The first kappa shape index (κ1) is 16.2. The van der Waals surface area contributed by atoms with Crippen molar-refractivity contribution in [1.82, 2.24) is 10.2 Å². The summed E-state index contributed by atoms with van der Waals surface area (Å²) >= 11 is 0. The van der Waals surface area contributed by atoms with Crippen LogP contribution >= 0.6 is 12.4 Å². The standard InChI is InChI=1S/C10H10F6N2.ClH/c11-9(12,13)8-5-18(10(14,15)16)4-6-1-2-17-3-7(6)8;/h5,17H,1-4H2;1H. The minimum Gasteiger partial charge on any atom is -0.312 e. The van der Waals surface area contributed by atoms with Gasteiger partial charge in [-0.15, -0.1) is 12.4 Å². The molecule has 0 fully saturated rings. The molecule has 0 unspecified atom stereocenters. The van der Waals surface area contributed by atoms with Crippen LogP contribution in [0.2, 0.25) is 0 Å². The number of hydrogen-bond acceptors (Lipinski definition) is 2. The second kappa shape index (κ2) is 5.24. The number of hydrogen-bond donors (Lipinski definition) is 1. The molecule has 0 spiro atoms. The molecule has 110 valence electrons. The van der Waals surface area contributed by atoms with Crippen LogP contribution in [0.3, 0.4) is 0 Å². The number of nitrogens with zero attached hydrogens (tertiary/aromatic N) is 1. The first-order valence-electron chi connectivity index (χ1n) is 5.24. The minimum absolute atomic E-state index is 0. The third kappa shape index (κ3) is 3.36. The van der Waals surface area contributed by atoms with E-state index < -0.39 is 24.6 Å². The van der Waals surface area contributed by atoms with Crippen LogP contribution in [0.4, 0.5) is 26.3 Å². The lowest BCUT2D eigenvalue weighted by Gasteiger charge is -2.35. The predicted molar refractivity (Wildman–Crippen MR) is 58.7 cm³/mol. The highest BCUT2D eigenvalue weighted by atomic mass is 35.5. The quantitative estimate of drug-likeness (QED) is 0.547. The number of alkyl halides is 6. The van der Waals surface area contributed by atoms with Gasteiger partial charge in [0.2, 0.25) is 0 Å². The maximum atomic E-state index is 12.7. The highest BCUT2D eigenvalue weighted by molar-refractivity contribution is 5.85. The Balaban J connectivity index is 0.00000180. The Labute approximate surface area is 111 Å². The molecule has 0 aromatic heterocycles. The molecule has 0 aliphatic carbocycles. The average Bonchev–Trinajstić information content (AvgIpc) is 2.25. The van der Waals surface area contributed by atoms with Gasteiger partial charge in [0.1, 0.15) is 0 Å². The topological polar surface area (TPSA) is 15.3 Å². The van der Waals surface area contributed by atoms with E-state index in [1.54, 1.807) is 0 Å². The molecule has 19 heavy (non-hydrogen) atoms. The molecule has 9 heteroatoms. The Hall–Kier alpha value is -0.890. The Morgan fingerprint density at radius 1 is 1.11 bits per heavy atom. The van der Waals surface area contributed by atoms with Crippen molar-refractivity contribution in [3.05, 3.63) is 22.9 Å². The third-order valence-electron chi connectivity index (χ3n) is 2.93. The van der Waals surface area contributed by atoms with Crippen molar-refractivity contribution in [3.63, 3.8) is 0 Å². The lowest BCUT2D eigenvalue weighted by Crippen LogP contribution is -2.42. The van der Waals surface area contributed by atoms with Crippen LogP contribution < -0.4 is 5.32 Å². The van der Waals surface area contributed by atoms with Crippen LogP contribution in [-0.2, 0) is 0 Å². The van der Waals surface area contributed by atoms with Gasteiger partial charge in [-0.3, -0.25) is 4.90 Å². The van der Waals surface area contributed by atoms with E-state index in [9.17, 15) is 26.3 Å². The fourth-order valence-electron chi connectivity index (χ4n) is 2.08. The number of halogens is 7. The third-order valence-corrected chi connectivity index (χ3v) is 2.93. The molecule has 1 N–H and O–H groups in total. The van der Waals surface area contributed by atoms with Gasteiger partial charge in [-0.05, 0) is 24.1 Å². The summed E-state index contributed by atoms with van der Waals surface area (Å²) in [4.78, 5) is -0.208. The normalized spacial score (nSPS) is 20.7. The smallest absolute Gasteiger partial charge is 0.312 e. The Bertz CT molecular complexity index is 409. The first-order valence-corrected chi connectivity index (χ1v) is 5.24. The maximum Gasteiger partial charge on any atom is 0.484 e. The SMILES string of the molecule is Cl.FC(F)(F)C1=CN(C(F)(F)F)CC2=C1CNCC2. The Kier molecular flexibility index (Phi) is 4.46. The lowest BCUT2D eigenvalue weighted by molar-refractivity contribution is -0.226. The number of nitrogens with one attached hydrogen (secondary N) is 1. The lowest BCUT2D eigenvalue weighted by atomic mass is 9.92. The van der Waals surface area contributed by atoms with Crippen molar-refractivity contribution in [2.75, 3.05) is 19.6 Å². The van der Waals surface area contributed by atoms with Gasteiger partial charge >= 0.3 is 12.5 Å². The average molecular weight is 309 g/mol. The first-order chi connectivity index (χ1) is 8.19. The second-order valence-corrected chi connectivity index (χ2v) is 4.15. The van der Waals surface area contributed by atoms with Crippen molar-refractivity contribution in [2.45, 2.75) is 18.9 Å². The van der Waals surface area contributed by atoms with E-state index in [-0.39, 0.29) is 47.6 Å². The van der Waals surface area contributed by atoms with Crippen molar-refractivity contribution >= 4 is 12.4 Å². The largest absolute Gasteiger partial charge is 0.484 e. The van der Waals surface area contributed by atoms with Crippen molar-refractivity contribution in [3.8, 4) is 0 Å². The predicted octanol–water partition coefficient (Wildman–Crippen LogP) is 2.98. The molecule has 0 aromatic rings. The van der Waals surface area contributed by atoms with Gasteiger partial charge in [-0.2, -0.15) is 26.3 Å². The van der Waals surface area contributed by atoms with Gasteiger partial charge in [0.25, 0.3) is 0 Å². The highest BCUT2D eigenvalue weighted by Crippen LogP contribution is 2.39. The van der Waals surface area contributed by atoms with Crippen LogP contribution in [-0.4, -0.2) is 37.0 Å². The molecule has 2 nitrogen and oxygen atoms in total. The Morgan fingerprint density at radius 3 is 2.26 bits per heavy atom. The molecule has 0 saturated carbocycles. The zero-order valence-corrected chi connectivity index (χ0v) is 10.3. The maximum absolute atomic E-state index is 12.7. The van der Waals surface area contributed by atoms with Crippen LogP contribution in [0.25, 0.3) is 0 Å². The summed E-state index contributed by atoms with van der Waals surface area (Å²) in [7, 11) is 0. The van der Waals surface area contributed by atoms with E-state index >= 15 is 0 Å². The summed E-state index contributed by atoms with van der Waals surface area (Å²) in [5.74, 6) is 0. The van der Waals surface area contributed by atoms with Gasteiger partial charge in [-0.25, -0.2) is 0 Å². The Morgan fingerprint density at radius 2 is 1.74 bits per heavy atom. The molecule has 2 aliphatic heterocycles. The van der Waals surface area contributed by atoms with Gasteiger partial charge in [0, 0.05) is 19.3 Å². The van der Waals surface area contributed by atoms with E-state index in [1.165, 1.54) is 0 Å². The summed E-state index contributed by atoms with van der Waals surface area (Å²) in [5.41, 5.74) is -1.04. The fraction of sp³-hybridized carbons (Fsp3) is 0.600. The summed E-state index contributed by atoms with van der Waals surface area (Å²) in [6.07, 6.45) is -9.20. The zero-order chi connectivity index (χ0) is 13.6. The van der Waals surface area contributed by atoms with Crippen molar-refractivity contribution in [1.29, 1.82) is 0 Å². The van der Waals surface area contributed by atoms with E-state index in [1.807, 2.05) is 0 Å². The highest BCUT2D eigenvalue weighted by Gasteiger charge is 2.45. The van der Waals surface area contributed by atoms with Crippen LogP contribution in [0, 0.1) is 0 Å². The monoisotopic (exact) mass is 308 g/mol. The van der Waals surface area contributed by atoms with E-state index in [4.69, 9.17) is 0 Å². The molecule has 0 atom stereocenters. The molecule has 0 bridgehead atoms. The van der Waals surface area contributed by atoms with Crippen molar-refractivity contribution in [2.24, 2.45) is 0 Å². The van der Waals surface area contributed by atoms with E-state index in [2.05, 4.69) is 5.32 Å². The molecular weight excluding hydrogens is 298 g/mol. The molecular formula is C10H11ClF6N2. The van der Waals surface area contributed by atoms with Crippen LogP contribution in [0.15, 0.2) is 22.9 Å². The number of rotatable bonds is 0. The molecule has 2 aliphatic rings. The van der Waals surface area contributed by atoms with Gasteiger partial charge in [0.15, 0.2) is 0 Å². The van der Waals surface area contributed by atoms with Gasteiger partial charge in [0.05, 0.1) is 5.57 Å². The molecule has 2 heterocycles. The zero-order valence-electron chi connectivity index (χ0n) is 9.53. The van der Waals surface area contributed by atoms with E-state index in [0.29, 0.717) is 6.54 Å². The minimum atomic E-state index is -4.79. The second-order valence-electron chi connectivity index (χ2n) is 4.15. The molecule has 0 amide bonds. The van der Waals surface area contributed by atoms with E-state index in [0.717, 1.165) is 0 Å². The fourth-order valence-corrected chi connectivity index (χ4v) is 2.08. The van der Waals surface area contributed by atoms with Crippen LogP contribution in [0.1, 0.15) is 6.42 Å². The van der Waals surface area contributed by atoms with Gasteiger partial charge in [-0.1, -0.05) is 0 Å². The molecule has 0 saturated heterocycles. The molecule has 0 aromatic carbocycles. The summed E-state index contributed by atoms with van der Waals surface area (Å²) in [6, 6.07) is 0. The molecule has 2 rings (SSSR count). The van der Waals surface area contributed by atoms with Gasteiger partial charge < -0.3 is 5.32 Å². The van der Waals surface area contributed by atoms with Crippen LogP contribution in [0.5, 0.6) is 0 Å². The summed E-state index contributed by atoms with van der Waals surface area (Å²) in [5, 5.41) is 2.74. The molecule has 0 radical (unpaired) electrons. The summed E-state index contributed by atoms with van der Waals surface area (Å²) < 4.78 is 75.9. The van der Waals surface area contributed by atoms with Crippen molar-refractivity contribution < 1.29 is 26.3 Å². The summed E-state index contributed by atoms with van der Waals surface area (Å²) in [6.45, 7) is -0.151.